The molecule has 1 aromatic carbocycles. The second kappa shape index (κ2) is 6.22. The van der Waals surface area contributed by atoms with E-state index in [0.717, 1.165) is 16.9 Å². The van der Waals surface area contributed by atoms with Crippen molar-refractivity contribution in [3.8, 4) is 5.75 Å². The average molecular weight is 295 g/mol. The zero-order valence-corrected chi connectivity index (χ0v) is 12.5. The van der Waals surface area contributed by atoms with Gasteiger partial charge in [-0.3, -0.25) is 4.79 Å². The van der Waals surface area contributed by atoms with Crippen molar-refractivity contribution in [1.29, 1.82) is 0 Å². The van der Waals surface area contributed by atoms with Crippen LogP contribution in [-0.2, 0) is 6.42 Å². The van der Waals surface area contributed by atoms with Crippen LogP contribution in [0.1, 0.15) is 27.0 Å². The van der Waals surface area contributed by atoms with Gasteiger partial charge in [-0.15, -0.1) is 11.3 Å². The topological polar surface area (TPSA) is 26.3 Å². The maximum Gasteiger partial charge on any atom is 0.210 e. The number of Topliss-reactive ketones (excluding diaryl/α,β-unsaturated/α-hetero) is 1. The summed E-state index contributed by atoms with van der Waals surface area (Å²) in [5.41, 5.74) is 1.05. The summed E-state index contributed by atoms with van der Waals surface area (Å²) in [4.78, 5) is 13.9. The van der Waals surface area contributed by atoms with Crippen molar-refractivity contribution < 1.29 is 9.53 Å². The number of ether oxygens (including phenoxy) is 1. The maximum absolute atomic E-state index is 12.0. The lowest BCUT2D eigenvalue weighted by Gasteiger charge is -2.07. The quantitative estimate of drug-likeness (QED) is 0.757. The number of halogens is 1. The normalized spacial score (nSPS) is 10.5. The molecule has 100 valence electrons. The lowest BCUT2D eigenvalue weighted by atomic mass is 10.2. The van der Waals surface area contributed by atoms with Gasteiger partial charge < -0.3 is 4.74 Å². The molecular formula is C15H15ClO2S. The van der Waals surface area contributed by atoms with Gasteiger partial charge in [-0.1, -0.05) is 24.6 Å². The Bertz CT molecular complexity index is 590. The van der Waals surface area contributed by atoms with E-state index in [-0.39, 0.29) is 12.4 Å². The van der Waals surface area contributed by atoms with Gasteiger partial charge in [0.1, 0.15) is 5.75 Å². The predicted octanol–water partition coefficient (Wildman–Crippen LogP) is 4.53. The van der Waals surface area contributed by atoms with Crippen LogP contribution in [0.4, 0.5) is 0 Å². The summed E-state index contributed by atoms with van der Waals surface area (Å²) < 4.78 is 5.50. The fourth-order valence-corrected chi connectivity index (χ4v) is 2.70. The highest BCUT2D eigenvalue weighted by Crippen LogP contribution is 2.25. The maximum atomic E-state index is 12.0. The minimum Gasteiger partial charge on any atom is -0.484 e. The monoisotopic (exact) mass is 294 g/mol. The van der Waals surface area contributed by atoms with E-state index in [1.54, 1.807) is 6.07 Å². The van der Waals surface area contributed by atoms with E-state index in [4.69, 9.17) is 16.3 Å². The summed E-state index contributed by atoms with van der Waals surface area (Å²) in [6.07, 6.45) is 0.947. The average Bonchev–Trinajstić information content (AvgIpc) is 2.88. The summed E-state index contributed by atoms with van der Waals surface area (Å²) in [7, 11) is 0. The molecule has 0 atom stereocenters. The van der Waals surface area contributed by atoms with Crippen LogP contribution < -0.4 is 4.74 Å². The van der Waals surface area contributed by atoms with Gasteiger partial charge in [0.05, 0.1) is 9.90 Å². The molecule has 0 aliphatic heterocycles. The van der Waals surface area contributed by atoms with Crippen LogP contribution in [0.2, 0.25) is 5.02 Å². The van der Waals surface area contributed by atoms with Crippen LogP contribution in [0.3, 0.4) is 0 Å². The van der Waals surface area contributed by atoms with Crippen LogP contribution in [0.15, 0.2) is 30.3 Å². The van der Waals surface area contributed by atoms with E-state index in [1.165, 1.54) is 16.2 Å². The molecule has 2 rings (SSSR count). The number of carbonyl (C=O) groups excluding carboxylic acids is 1. The van der Waals surface area contributed by atoms with E-state index in [1.807, 2.05) is 31.2 Å². The largest absolute Gasteiger partial charge is 0.484 e. The third kappa shape index (κ3) is 3.58. The molecule has 0 saturated heterocycles. The van der Waals surface area contributed by atoms with Crippen molar-refractivity contribution in [3.63, 3.8) is 0 Å². The standard InChI is InChI=1S/C15H15ClO2S/c1-3-11-5-7-15(19-11)13(17)9-18-14-8-10(2)4-6-12(14)16/h4-8H,3,9H2,1-2H3. The van der Waals surface area contributed by atoms with E-state index >= 15 is 0 Å². The molecule has 0 bridgehead atoms. The smallest absolute Gasteiger partial charge is 0.210 e. The number of carbonyl (C=O) groups is 1. The van der Waals surface area contributed by atoms with E-state index < -0.39 is 0 Å². The van der Waals surface area contributed by atoms with E-state index in [2.05, 4.69) is 6.92 Å². The molecule has 2 aromatic rings. The predicted molar refractivity (Wildman–Crippen MR) is 79.7 cm³/mol. The molecule has 19 heavy (non-hydrogen) atoms. The molecule has 0 radical (unpaired) electrons. The van der Waals surface area contributed by atoms with Crippen molar-refractivity contribution in [1.82, 2.24) is 0 Å². The number of aryl methyl sites for hydroxylation is 2. The number of thiophene rings is 1. The molecule has 0 aliphatic carbocycles. The van der Waals surface area contributed by atoms with Crippen molar-refractivity contribution in [2.45, 2.75) is 20.3 Å². The Morgan fingerprint density at radius 2 is 2.11 bits per heavy atom. The first kappa shape index (κ1) is 14.1. The Morgan fingerprint density at radius 1 is 1.32 bits per heavy atom. The third-order valence-electron chi connectivity index (χ3n) is 2.73. The first-order valence-corrected chi connectivity index (χ1v) is 7.30. The number of hydrogen-bond donors (Lipinski definition) is 0. The fourth-order valence-electron chi connectivity index (χ4n) is 1.65. The van der Waals surface area contributed by atoms with Gasteiger partial charge in [0.2, 0.25) is 5.78 Å². The summed E-state index contributed by atoms with van der Waals surface area (Å²) in [6.45, 7) is 4.05. The highest BCUT2D eigenvalue weighted by Gasteiger charge is 2.11. The Hall–Kier alpha value is -1.32. The Morgan fingerprint density at radius 3 is 2.79 bits per heavy atom. The van der Waals surface area contributed by atoms with Gasteiger partial charge in [0, 0.05) is 4.88 Å². The minimum absolute atomic E-state index is 0.0118. The third-order valence-corrected chi connectivity index (χ3v) is 4.31. The van der Waals surface area contributed by atoms with Crippen molar-refractivity contribution in [2.75, 3.05) is 6.61 Å². The number of rotatable bonds is 5. The summed E-state index contributed by atoms with van der Waals surface area (Å²) >= 11 is 7.54. The first-order valence-electron chi connectivity index (χ1n) is 6.11. The fraction of sp³-hybridized carbons (Fsp3) is 0.267. The lowest BCUT2D eigenvalue weighted by molar-refractivity contribution is 0.0925. The molecule has 1 heterocycles. The van der Waals surface area contributed by atoms with Gasteiger partial charge >= 0.3 is 0 Å². The zero-order chi connectivity index (χ0) is 13.8. The second-order valence-corrected chi connectivity index (χ2v) is 5.84. The molecule has 2 nitrogen and oxygen atoms in total. The first-order chi connectivity index (χ1) is 9.10. The molecular weight excluding hydrogens is 280 g/mol. The van der Waals surface area contributed by atoms with Gasteiger partial charge in [-0.25, -0.2) is 0 Å². The van der Waals surface area contributed by atoms with E-state index in [9.17, 15) is 4.79 Å². The molecule has 1 aromatic heterocycles. The molecule has 0 amide bonds. The van der Waals surface area contributed by atoms with Gasteiger partial charge in [-0.2, -0.15) is 0 Å². The highest BCUT2D eigenvalue weighted by atomic mass is 35.5. The van der Waals surface area contributed by atoms with Crippen molar-refractivity contribution in [2.24, 2.45) is 0 Å². The van der Waals surface area contributed by atoms with Crippen LogP contribution in [0.25, 0.3) is 0 Å². The van der Waals surface area contributed by atoms with Gasteiger partial charge in [0.25, 0.3) is 0 Å². The Labute approximate surface area is 122 Å². The molecule has 4 heteroatoms. The molecule has 0 fully saturated rings. The summed E-state index contributed by atoms with van der Waals surface area (Å²) in [5, 5.41) is 0.527. The van der Waals surface area contributed by atoms with Gasteiger partial charge in [-0.05, 0) is 43.2 Å². The van der Waals surface area contributed by atoms with Crippen LogP contribution in [0.5, 0.6) is 5.75 Å². The van der Waals surface area contributed by atoms with E-state index in [0.29, 0.717) is 10.8 Å². The second-order valence-electron chi connectivity index (χ2n) is 4.27. The number of ketones is 1. The Kier molecular flexibility index (Phi) is 4.61. The molecule has 0 saturated carbocycles. The molecule has 0 aliphatic rings. The SMILES string of the molecule is CCc1ccc(C(=O)COc2cc(C)ccc2Cl)s1. The molecule has 0 unspecified atom stereocenters. The number of hydrogen-bond acceptors (Lipinski definition) is 3. The summed E-state index contributed by atoms with van der Waals surface area (Å²) in [5.74, 6) is 0.546. The zero-order valence-electron chi connectivity index (χ0n) is 10.9. The minimum atomic E-state index is -0.0118. The molecule has 0 spiro atoms. The summed E-state index contributed by atoms with van der Waals surface area (Å²) in [6, 6.07) is 9.35. The lowest BCUT2D eigenvalue weighted by Crippen LogP contribution is -2.10. The highest BCUT2D eigenvalue weighted by molar-refractivity contribution is 7.14. The number of benzene rings is 1. The van der Waals surface area contributed by atoms with Crippen molar-refractivity contribution >= 4 is 28.7 Å². The van der Waals surface area contributed by atoms with Gasteiger partial charge in [0.15, 0.2) is 6.61 Å². The van der Waals surface area contributed by atoms with Crippen LogP contribution in [-0.4, -0.2) is 12.4 Å². The van der Waals surface area contributed by atoms with Crippen molar-refractivity contribution in [3.05, 3.63) is 50.7 Å². The van der Waals surface area contributed by atoms with Crippen LogP contribution >= 0.6 is 22.9 Å². The Balaban J connectivity index is 2.02. The molecule has 0 N–H and O–H groups in total. The van der Waals surface area contributed by atoms with Crippen LogP contribution in [0, 0.1) is 6.92 Å².